The molecule has 60 heavy (non-hydrogen) atoms. The summed E-state index contributed by atoms with van der Waals surface area (Å²) in [5.74, 6) is -2.34. The third kappa shape index (κ3) is 10.4. The third-order valence-corrected chi connectivity index (χ3v) is 12.7. The van der Waals surface area contributed by atoms with Gasteiger partial charge in [-0.3, -0.25) is 14.2 Å². The molecule has 3 amide bonds. The maximum atomic E-state index is 14.7. The fourth-order valence-corrected chi connectivity index (χ4v) is 9.23. The molecular weight excluding hydrogens is 816 g/mol. The number of hydrogen-bond donors (Lipinski definition) is 5. The summed E-state index contributed by atoms with van der Waals surface area (Å²) in [6.07, 6.45) is 2.64. The lowest BCUT2D eigenvalue weighted by molar-refractivity contribution is -0.146. The molecule has 3 heterocycles. The number of nitrogens with zero attached hydrogens (tertiary/aromatic N) is 3. The zero-order chi connectivity index (χ0) is 43.6. The monoisotopic (exact) mass is 870 g/mol. The minimum absolute atomic E-state index is 0.0157. The van der Waals surface area contributed by atoms with Crippen molar-refractivity contribution < 1.29 is 52.5 Å². The van der Waals surface area contributed by atoms with Crippen LogP contribution in [0.2, 0.25) is 0 Å². The molecule has 0 spiro atoms. The normalized spacial score (nSPS) is 23.1. The van der Waals surface area contributed by atoms with Gasteiger partial charge >= 0.3 is 19.7 Å². The van der Waals surface area contributed by atoms with Crippen LogP contribution in [0.25, 0.3) is 22.3 Å². The van der Waals surface area contributed by atoms with Gasteiger partial charge in [-0.15, -0.1) is 17.9 Å². The molecule has 2 aliphatic carbocycles. The number of nitrogens with one attached hydrogen (secondary N) is 3. The number of rotatable bonds is 17. The van der Waals surface area contributed by atoms with E-state index >= 15 is 0 Å². The van der Waals surface area contributed by atoms with Gasteiger partial charge in [-0.25, -0.2) is 19.6 Å². The largest absolute Gasteiger partial charge is 0.488 e. The maximum Gasteiger partial charge on any atom is 0.408 e. The highest BCUT2D eigenvalue weighted by atomic mass is 32.1. The van der Waals surface area contributed by atoms with E-state index in [1.54, 1.807) is 52.0 Å². The lowest BCUT2D eigenvalue weighted by Crippen LogP contribution is -2.59. The van der Waals surface area contributed by atoms with Crippen LogP contribution in [0.5, 0.6) is 11.5 Å². The van der Waals surface area contributed by atoms with E-state index in [9.17, 15) is 33.7 Å². The molecule has 1 saturated heterocycles. The Labute approximate surface area is 353 Å². The molecule has 5 N–H and O–H groups in total. The first kappa shape index (κ1) is 44.8. The smallest absolute Gasteiger partial charge is 0.408 e. The molecule has 2 aromatic heterocycles. The van der Waals surface area contributed by atoms with Gasteiger partial charge in [-0.2, -0.15) is 0 Å². The Morgan fingerprint density at radius 1 is 1.12 bits per heavy atom. The first-order valence-corrected chi connectivity index (χ1v) is 22.8. The topological polar surface area (TPSA) is 228 Å². The molecule has 3 fully saturated rings. The van der Waals surface area contributed by atoms with Gasteiger partial charge in [0.2, 0.25) is 11.8 Å². The van der Waals surface area contributed by atoms with Crippen LogP contribution in [0.1, 0.15) is 80.1 Å². The van der Waals surface area contributed by atoms with E-state index < -0.39 is 72.9 Å². The summed E-state index contributed by atoms with van der Waals surface area (Å²) in [4.78, 5) is 75.4. The number of carbonyl (C=O) groups is 4. The molecule has 1 aromatic carbocycles. The highest BCUT2D eigenvalue weighted by Crippen LogP contribution is 2.45. The fraction of sp³-hybridized carbons (Fsp3) is 0.561. The number of ether oxygens (including phenoxy) is 3. The lowest BCUT2D eigenvalue weighted by atomic mass is 9.85. The predicted octanol–water partition coefficient (Wildman–Crippen LogP) is 6.31. The van der Waals surface area contributed by atoms with Crippen molar-refractivity contribution in [1.29, 1.82) is 0 Å². The molecule has 17 nitrogen and oxygen atoms in total. The minimum Gasteiger partial charge on any atom is -0.488 e. The summed E-state index contributed by atoms with van der Waals surface area (Å²) < 4.78 is 35.3. The number of thiazole rings is 1. The highest BCUT2D eigenvalue weighted by molar-refractivity contribution is 7.52. The third-order valence-electron chi connectivity index (χ3n) is 10.8. The Kier molecular flexibility index (Phi) is 13.5. The number of hydrogen-bond acceptors (Lipinski definition) is 13. The van der Waals surface area contributed by atoms with Gasteiger partial charge in [-0.1, -0.05) is 26.8 Å². The van der Waals surface area contributed by atoms with Gasteiger partial charge in [0.1, 0.15) is 47.0 Å². The van der Waals surface area contributed by atoms with Gasteiger partial charge < -0.3 is 49.6 Å². The molecular formula is C41H55N6O11PS. The van der Waals surface area contributed by atoms with Crippen molar-refractivity contribution in [3.05, 3.63) is 42.3 Å². The molecule has 19 heteroatoms. The SMILES string of the molecule is C=C[C@@H]1C[C@]1(NC(=O)[C@@H]1C[C@@H](Oc2cc(-c3csc(NC(C)C)n3)nc3cc(OCP(=O)(O)OCC)ccc23)CN1C(=O)C(NC(=O)OC1CCCC1)C(C)(C)C)C(=O)O. The summed E-state index contributed by atoms with van der Waals surface area (Å²) in [6, 6.07) is 4.43. The van der Waals surface area contributed by atoms with Gasteiger partial charge in [0.05, 0.1) is 24.4 Å². The molecule has 2 saturated carbocycles. The summed E-state index contributed by atoms with van der Waals surface area (Å²) in [5, 5.41) is 21.9. The number of carbonyl (C=O) groups excluding carboxylic acids is 3. The van der Waals surface area contributed by atoms with Crippen LogP contribution in [0.4, 0.5) is 9.93 Å². The number of fused-ring (bicyclic) bond motifs is 1. The van der Waals surface area contributed by atoms with Crippen molar-refractivity contribution >= 4 is 58.8 Å². The molecule has 2 unspecified atom stereocenters. The lowest BCUT2D eigenvalue weighted by Gasteiger charge is -2.35. The van der Waals surface area contributed by atoms with Crippen molar-refractivity contribution in [2.45, 2.75) is 116 Å². The van der Waals surface area contributed by atoms with Crippen molar-refractivity contribution in [3.63, 3.8) is 0 Å². The number of anilines is 1. The first-order valence-electron chi connectivity index (χ1n) is 20.2. The van der Waals surface area contributed by atoms with Gasteiger partial charge in [-0.05, 0) is 70.4 Å². The van der Waals surface area contributed by atoms with E-state index in [-0.39, 0.29) is 43.9 Å². The molecule has 6 rings (SSSR count). The van der Waals surface area contributed by atoms with Crippen molar-refractivity contribution in [2.75, 3.05) is 24.8 Å². The molecule has 0 radical (unpaired) electrons. The van der Waals surface area contributed by atoms with Crippen LogP contribution >= 0.6 is 18.9 Å². The minimum atomic E-state index is -4.01. The number of aliphatic carboxylic acids is 1. The molecule has 3 aromatic rings. The summed E-state index contributed by atoms with van der Waals surface area (Å²) >= 11 is 1.40. The Hall–Kier alpha value is -4.77. The van der Waals surface area contributed by atoms with Crippen molar-refractivity contribution in [1.82, 2.24) is 25.5 Å². The number of alkyl carbamates (subject to hydrolysis) is 1. The zero-order valence-electron chi connectivity index (χ0n) is 34.8. The molecule has 3 aliphatic rings. The van der Waals surface area contributed by atoms with E-state index in [4.69, 9.17) is 28.7 Å². The molecule has 326 valence electrons. The second kappa shape index (κ2) is 18.1. The van der Waals surface area contributed by atoms with Crippen LogP contribution in [-0.4, -0.2) is 104 Å². The maximum absolute atomic E-state index is 14.7. The first-order chi connectivity index (χ1) is 28.3. The Morgan fingerprint density at radius 3 is 2.48 bits per heavy atom. The van der Waals surface area contributed by atoms with Crippen LogP contribution in [-0.2, 0) is 28.2 Å². The second-order valence-corrected chi connectivity index (χ2v) is 19.5. The number of carboxylic acid groups (broad SMARTS) is 1. The second-order valence-electron chi connectivity index (χ2n) is 16.9. The van der Waals surface area contributed by atoms with Crippen LogP contribution < -0.4 is 25.4 Å². The Balaban J connectivity index is 1.34. The highest BCUT2D eigenvalue weighted by Gasteiger charge is 2.61. The van der Waals surface area contributed by atoms with Gasteiger partial charge in [0.15, 0.2) is 11.5 Å². The van der Waals surface area contributed by atoms with E-state index in [2.05, 4.69) is 22.5 Å². The number of pyridine rings is 1. The predicted molar refractivity (Wildman–Crippen MR) is 225 cm³/mol. The molecule has 6 atom stereocenters. The van der Waals surface area contributed by atoms with E-state index in [0.29, 0.717) is 33.2 Å². The zero-order valence-corrected chi connectivity index (χ0v) is 36.5. The van der Waals surface area contributed by atoms with Crippen LogP contribution in [0, 0.1) is 11.3 Å². The van der Waals surface area contributed by atoms with Crippen molar-refractivity contribution in [3.8, 4) is 22.9 Å². The number of likely N-dealkylation sites (tertiary alicyclic amines) is 1. The average Bonchev–Trinajstić information content (AvgIpc) is 3.58. The number of carboxylic acids is 1. The Bertz CT molecular complexity index is 2150. The average molecular weight is 871 g/mol. The number of benzene rings is 1. The molecule has 0 bridgehead atoms. The Morgan fingerprint density at radius 2 is 1.85 bits per heavy atom. The van der Waals surface area contributed by atoms with E-state index in [1.807, 2.05) is 19.2 Å². The molecule has 1 aliphatic heterocycles. The quantitative estimate of drug-likeness (QED) is 0.0740. The van der Waals surface area contributed by atoms with Gasteiger partial charge in [0, 0.05) is 41.3 Å². The van der Waals surface area contributed by atoms with Gasteiger partial charge in [0.25, 0.3) is 0 Å². The standard InChI is InChI=1S/C41H55N6O11PS/c1-8-24-19-41(24,37(50)51)46-35(48)32-17-27(20-47(32)36(49)34(40(5,6)7)45-39(52)58-25-12-10-11-13-25)57-33-18-30(31-21-60-38(44-31)42-23(3)4)43-29-16-26(14-15-28(29)33)55-22-59(53,54)56-9-2/h8,14-16,18,21,23-25,27,32,34H,1,9-13,17,19-20,22H2,2-7H3,(H,42,44)(H,45,52)(H,46,48)(H,50,51)(H,53,54)/t24-,27-,32+,34?,41-/m1/s1. The number of amides is 3. The summed E-state index contributed by atoms with van der Waals surface area (Å²) in [6.45, 7) is 14.6. The van der Waals surface area contributed by atoms with Crippen LogP contribution in [0.3, 0.4) is 0 Å². The summed E-state index contributed by atoms with van der Waals surface area (Å²) in [5.41, 5.74) is -0.992. The van der Waals surface area contributed by atoms with E-state index in [0.717, 1.165) is 25.7 Å². The number of aromatic nitrogens is 2. The fourth-order valence-electron chi connectivity index (χ4n) is 7.59. The summed E-state index contributed by atoms with van der Waals surface area (Å²) in [7, 11) is -4.01. The van der Waals surface area contributed by atoms with Crippen LogP contribution in [0.15, 0.2) is 42.3 Å². The van der Waals surface area contributed by atoms with Crippen molar-refractivity contribution in [2.24, 2.45) is 11.3 Å². The van der Waals surface area contributed by atoms with E-state index in [1.165, 1.54) is 22.3 Å².